The maximum atomic E-state index is 13.4. The first kappa shape index (κ1) is 16.3. The van der Waals surface area contributed by atoms with Gasteiger partial charge in [-0.3, -0.25) is 4.79 Å². The number of carbonyl (C=O) groups is 1. The molecule has 24 heavy (non-hydrogen) atoms. The van der Waals surface area contributed by atoms with E-state index in [1.54, 1.807) is 18.1 Å². The Balaban J connectivity index is 1.79. The molecule has 5 nitrogen and oxygen atoms in total. The summed E-state index contributed by atoms with van der Waals surface area (Å²) in [5.41, 5.74) is 1.21. The second-order valence-electron chi connectivity index (χ2n) is 5.42. The summed E-state index contributed by atoms with van der Waals surface area (Å²) >= 11 is 0. The Labute approximate surface area is 139 Å². The summed E-state index contributed by atoms with van der Waals surface area (Å²) in [4.78, 5) is 14.3. The first-order chi connectivity index (χ1) is 11.7. The van der Waals surface area contributed by atoms with Gasteiger partial charge in [-0.2, -0.15) is 0 Å². The monoisotopic (exact) mass is 331 g/mol. The van der Waals surface area contributed by atoms with Crippen LogP contribution in [0.15, 0.2) is 42.5 Å². The Morgan fingerprint density at radius 2 is 2.04 bits per heavy atom. The van der Waals surface area contributed by atoms with Crippen LogP contribution in [0.25, 0.3) is 0 Å². The number of fused-ring (bicyclic) bond motifs is 1. The quantitative estimate of drug-likeness (QED) is 0.817. The third kappa shape index (κ3) is 3.65. The standard InChI is InChI=1S/C18H18FNO4/c1-22-8-7-20(18(21)14-3-2-4-15(19)10-14)11-13-5-6-16-17(9-13)24-12-23-16/h2-6,9-10H,7-8,11-12H2,1H3. The van der Waals surface area contributed by atoms with E-state index in [1.807, 2.05) is 18.2 Å². The predicted octanol–water partition coefficient (Wildman–Crippen LogP) is 2.84. The number of hydrogen-bond donors (Lipinski definition) is 0. The van der Waals surface area contributed by atoms with E-state index < -0.39 is 5.82 Å². The fourth-order valence-electron chi connectivity index (χ4n) is 2.52. The van der Waals surface area contributed by atoms with Crippen molar-refractivity contribution in [2.45, 2.75) is 6.54 Å². The highest BCUT2D eigenvalue weighted by Gasteiger charge is 2.19. The number of halogens is 1. The number of rotatable bonds is 6. The van der Waals surface area contributed by atoms with Crippen molar-refractivity contribution in [1.82, 2.24) is 4.90 Å². The normalized spacial score (nSPS) is 12.2. The van der Waals surface area contributed by atoms with E-state index in [9.17, 15) is 9.18 Å². The smallest absolute Gasteiger partial charge is 0.254 e. The molecule has 6 heteroatoms. The Morgan fingerprint density at radius 1 is 1.21 bits per heavy atom. The molecule has 1 aliphatic rings. The Morgan fingerprint density at radius 3 is 2.83 bits per heavy atom. The fraction of sp³-hybridized carbons (Fsp3) is 0.278. The molecule has 2 aromatic rings. The van der Waals surface area contributed by atoms with Crippen molar-refractivity contribution in [1.29, 1.82) is 0 Å². The number of nitrogens with zero attached hydrogens (tertiary/aromatic N) is 1. The van der Waals surface area contributed by atoms with Crippen LogP contribution in [0.4, 0.5) is 4.39 Å². The largest absolute Gasteiger partial charge is 0.454 e. The third-order valence-electron chi connectivity index (χ3n) is 3.73. The Bertz CT molecular complexity index is 735. The van der Waals surface area contributed by atoms with Crippen LogP contribution in [0.2, 0.25) is 0 Å². The molecule has 2 aromatic carbocycles. The maximum Gasteiger partial charge on any atom is 0.254 e. The number of amides is 1. The lowest BCUT2D eigenvalue weighted by Crippen LogP contribution is -2.33. The van der Waals surface area contributed by atoms with Crippen molar-refractivity contribution in [3.8, 4) is 11.5 Å². The summed E-state index contributed by atoms with van der Waals surface area (Å²) in [5, 5.41) is 0. The summed E-state index contributed by atoms with van der Waals surface area (Å²) < 4.78 is 29.1. The van der Waals surface area contributed by atoms with Gasteiger partial charge < -0.3 is 19.1 Å². The summed E-state index contributed by atoms with van der Waals surface area (Å²) in [6.07, 6.45) is 0. The lowest BCUT2D eigenvalue weighted by Gasteiger charge is -2.23. The zero-order chi connectivity index (χ0) is 16.9. The molecule has 3 rings (SSSR count). The first-order valence-electron chi connectivity index (χ1n) is 7.59. The number of methoxy groups -OCH3 is 1. The molecule has 0 saturated heterocycles. The first-order valence-corrected chi connectivity index (χ1v) is 7.59. The molecule has 1 heterocycles. The molecule has 0 aliphatic carbocycles. The molecule has 1 aliphatic heterocycles. The fourth-order valence-corrected chi connectivity index (χ4v) is 2.52. The van der Waals surface area contributed by atoms with Gasteiger partial charge >= 0.3 is 0 Å². The van der Waals surface area contributed by atoms with Gasteiger partial charge in [0.25, 0.3) is 5.91 Å². The molecule has 0 aromatic heterocycles. The number of ether oxygens (including phenoxy) is 3. The van der Waals surface area contributed by atoms with Gasteiger partial charge in [-0.25, -0.2) is 4.39 Å². The topological polar surface area (TPSA) is 48.0 Å². The van der Waals surface area contributed by atoms with Crippen LogP contribution in [-0.2, 0) is 11.3 Å². The molecule has 0 fully saturated rings. The van der Waals surface area contributed by atoms with Gasteiger partial charge in [-0.1, -0.05) is 12.1 Å². The summed E-state index contributed by atoms with van der Waals surface area (Å²) in [6.45, 7) is 1.37. The number of carbonyl (C=O) groups excluding carboxylic acids is 1. The maximum absolute atomic E-state index is 13.4. The lowest BCUT2D eigenvalue weighted by atomic mass is 10.1. The molecule has 0 saturated carbocycles. The van der Waals surface area contributed by atoms with Gasteiger partial charge in [0, 0.05) is 25.8 Å². The van der Waals surface area contributed by atoms with Gasteiger partial charge in [0.1, 0.15) is 5.82 Å². The molecule has 126 valence electrons. The van der Waals surface area contributed by atoms with Gasteiger partial charge in [0.2, 0.25) is 6.79 Å². The Hall–Kier alpha value is -2.60. The van der Waals surface area contributed by atoms with E-state index in [2.05, 4.69) is 0 Å². The van der Waals surface area contributed by atoms with Crippen LogP contribution in [0, 0.1) is 5.82 Å². The van der Waals surface area contributed by atoms with Crippen LogP contribution >= 0.6 is 0 Å². The summed E-state index contributed by atoms with van der Waals surface area (Å²) in [6, 6.07) is 11.2. The second-order valence-corrected chi connectivity index (χ2v) is 5.42. The minimum atomic E-state index is -0.435. The van der Waals surface area contributed by atoms with Gasteiger partial charge in [0.05, 0.1) is 6.61 Å². The molecule has 0 spiro atoms. The van der Waals surface area contributed by atoms with Crippen LogP contribution < -0.4 is 9.47 Å². The average molecular weight is 331 g/mol. The van der Waals surface area contributed by atoms with Gasteiger partial charge in [0.15, 0.2) is 11.5 Å². The molecule has 0 N–H and O–H groups in total. The zero-order valence-electron chi connectivity index (χ0n) is 13.3. The number of hydrogen-bond acceptors (Lipinski definition) is 4. The van der Waals surface area contributed by atoms with Crippen molar-refractivity contribution < 1.29 is 23.4 Å². The Kier molecular flexibility index (Phi) is 4.96. The highest BCUT2D eigenvalue weighted by atomic mass is 19.1. The van der Waals surface area contributed by atoms with Gasteiger partial charge in [-0.05, 0) is 35.9 Å². The molecule has 0 bridgehead atoms. The SMILES string of the molecule is COCCN(Cc1ccc2c(c1)OCO2)C(=O)c1cccc(F)c1. The van der Waals surface area contributed by atoms with Crippen molar-refractivity contribution in [3.63, 3.8) is 0 Å². The van der Waals surface area contributed by atoms with E-state index in [0.717, 1.165) is 5.56 Å². The van der Waals surface area contributed by atoms with Crippen molar-refractivity contribution in [3.05, 3.63) is 59.4 Å². The van der Waals surface area contributed by atoms with E-state index in [-0.39, 0.29) is 12.7 Å². The van der Waals surface area contributed by atoms with Crippen molar-refractivity contribution in [2.24, 2.45) is 0 Å². The van der Waals surface area contributed by atoms with Crippen LogP contribution in [-0.4, -0.2) is 37.9 Å². The lowest BCUT2D eigenvalue weighted by molar-refractivity contribution is 0.0679. The van der Waals surface area contributed by atoms with Gasteiger partial charge in [-0.15, -0.1) is 0 Å². The second kappa shape index (κ2) is 7.31. The molecule has 0 unspecified atom stereocenters. The predicted molar refractivity (Wildman–Crippen MR) is 85.6 cm³/mol. The highest BCUT2D eigenvalue weighted by Crippen LogP contribution is 2.32. The van der Waals surface area contributed by atoms with Crippen LogP contribution in [0.1, 0.15) is 15.9 Å². The number of benzene rings is 2. The van der Waals surface area contributed by atoms with E-state index in [4.69, 9.17) is 14.2 Å². The minimum Gasteiger partial charge on any atom is -0.454 e. The zero-order valence-corrected chi connectivity index (χ0v) is 13.3. The van der Waals surface area contributed by atoms with Crippen LogP contribution in [0.5, 0.6) is 11.5 Å². The molecular weight excluding hydrogens is 313 g/mol. The average Bonchev–Trinajstić information content (AvgIpc) is 3.05. The molecule has 1 amide bonds. The van der Waals surface area contributed by atoms with Crippen molar-refractivity contribution >= 4 is 5.91 Å². The van der Waals surface area contributed by atoms with Crippen LogP contribution in [0.3, 0.4) is 0 Å². The summed E-state index contributed by atoms with van der Waals surface area (Å²) in [5.74, 6) is 0.677. The third-order valence-corrected chi connectivity index (χ3v) is 3.73. The molecule has 0 radical (unpaired) electrons. The highest BCUT2D eigenvalue weighted by molar-refractivity contribution is 5.94. The molecular formula is C18H18FNO4. The minimum absolute atomic E-state index is 0.203. The van der Waals surface area contributed by atoms with E-state index in [0.29, 0.717) is 36.8 Å². The molecule has 0 atom stereocenters. The summed E-state index contributed by atoms with van der Waals surface area (Å²) in [7, 11) is 1.57. The van der Waals surface area contributed by atoms with Crippen molar-refractivity contribution in [2.75, 3.05) is 27.1 Å². The van der Waals surface area contributed by atoms with E-state index in [1.165, 1.54) is 18.2 Å². The van der Waals surface area contributed by atoms with E-state index >= 15 is 0 Å².